The molecule has 0 N–H and O–H groups in total. The van der Waals surface area contributed by atoms with Gasteiger partial charge in [-0.1, -0.05) is 0 Å². The Bertz CT molecular complexity index is 403. The first-order chi connectivity index (χ1) is 6.29. The van der Waals surface area contributed by atoms with Crippen molar-refractivity contribution >= 4 is 0 Å². The highest BCUT2D eigenvalue weighted by molar-refractivity contribution is 5.61. The molecule has 2 heterocycles. The molecule has 0 aliphatic heterocycles. The van der Waals surface area contributed by atoms with Gasteiger partial charge in [0.1, 0.15) is 6.26 Å². The predicted octanol–water partition coefficient (Wildman–Crippen LogP) is 1.69. The van der Waals surface area contributed by atoms with Crippen LogP contribution >= 0.6 is 0 Å². The third kappa shape index (κ3) is 1.42. The minimum Gasteiger partial charge on any atom is -0.468 e. The molecule has 4 heteroatoms. The molecule has 0 bridgehead atoms. The molecule has 0 aliphatic carbocycles. The lowest BCUT2D eigenvalue weighted by Gasteiger charge is -1.87. The number of aromatic nitrogens is 2. The third-order valence-corrected chi connectivity index (χ3v) is 1.81. The average Bonchev–Trinajstić information content (AvgIpc) is 2.71. The van der Waals surface area contributed by atoms with Crippen LogP contribution in [0.15, 0.2) is 29.1 Å². The molecule has 0 amide bonds. The smallest absolute Gasteiger partial charge is 0.284 e. The van der Waals surface area contributed by atoms with Gasteiger partial charge in [-0.15, -0.1) is 0 Å². The average molecular weight is 178 g/mol. The van der Waals surface area contributed by atoms with E-state index in [1.165, 1.54) is 0 Å². The zero-order chi connectivity index (χ0) is 9.26. The lowest BCUT2D eigenvalue weighted by molar-refractivity contribution is 0.305. The van der Waals surface area contributed by atoms with Gasteiger partial charge >= 0.3 is 0 Å². The number of rotatable bonds is 2. The largest absolute Gasteiger partial charge is 0.468 e. The lowest BCUT2D eigenvalue weighted by Crippen LogP contribution is -1.83. The second kappa shape index (κ2) is 2.97. The number of hydrogen-bond donors (Lipinski definition) is 0. The van der Waals surface area contributed by atoms with Crippen LogP contribution < -0.4 is 4.74 Å². The molecule has 2 rings (SSSR count). The highest BCUT2D eigenvalue weighted by Crippen LogP contribution is 2.24. The van der Waals surface area contributed by atoms with Gasteiger partial charge in [0, 0.05) is 30.4 Å². The molecule has 2 aromatic rings. The van der Waals surface area contributed by atoms with Crippen molar-refractivity contribution in [3.63, 3.8) is 0 Å². The Morgan fingerprint density at radius 2 is 2.31 bits per heavy atom. The molecule has 68 valence electrons. The standard InChI is InChI=1S/C9H10N2O2/c1-11-5-8(4-10-11)7-3-9(12-2)13-6-7/h3-6H,1-2H3. The monoisotopic (exact) mass is 178 g/mol. The van der Waals surface area contributed by atoms with Gasteiger partial charge < -0.3 is 9.15 Å². The maximum atomic E-state index is 5.12. The molecule has 0 atom stereocenters. The second-order valence-electron chi connectivity index (χ2n) is 2.76. The zero-order valence-electron chi connectivity index (χ0n) is 7.52. The second-order valence-corrected chi connectivity index (χ2v) is 2.76. The van der Waals surface area contributed by atoms with Gasteiger partial charge in [0.05, 0.1) is 13.3 Å². The van der Waals surface area contributed by atoms with E-state index in [4.69, 9.17) is 9.15 Å². The van der Waals surface area contributed by atoms with Gasteiger partial charge in [0.15, 0.2) is 0 Å². The summed E-state index contributed by atoms with van der Waals surface area (Å²) in [5, 5.41) is 4.06. The molecule has 0 radical (unpaired) electrons. The fourth-order valence-electron chi connectivity index (χ4n) is 1.15. The van der Waals surface area contributed by atoms with Crippen molar-refractivity contribution in [3.05, 3.63) is 24.7 Å². The van der Waals surface area contributed by atoms with E-state index < -0.39 is 0 Å². The maximum absolute atomic E-state index is 5.12. The van der Waals surface area contributed by atoms with E-state index >= 15 is 0 Å². The molecule has 0 saturated heterocycles. The number of ether oxygens (including phenoxy) is 1. The first-order valence-corrected chi connectivity index (χ1v) is 3.91. The summed E-state index contributed by atoms with van der Waals surface area (Å²) >= 11 is 0. The van der Waals surface area contributed by atoms with Crippen molar-refractivity contribution in [1.29, 1.82) is 0 Å². The Morgan fingerprint density at radius 1 is 1.46 bits per heavy atom. The van der Waals surface area contributed by atoms with E-state index in [2.05, 4.69) is 5.10 Å². The lowest BCUT2D eigenvalue weighted by atomic mass is 10.2. The van der Waals surface area contributed by atoms with Gasteiger partial charge in [-0.2, -0.15) is 5.10 Å². The summed E-state index contributed by atoms with van der Waals surface area (Å²) in [5.74, 6) is 0.513. The molecular weight excluding hydrogens is 168 g/mol. The first-order valence-electron chi connectivity index (χ1n) is 3.91. The van der Waals surface area contributed by atoms with Crippen molar-refractivity contribution in [3.8, 4) is 17.1 Å². The van der Waals surface area contributed by atoms with E-state index in [-0.39, 0.29) is 0 Å². The van der Waals surface area contributed by atoms with E-state index in [0.29, 0.717) is 5.95 Å². The van der Waals surface area contributed by atoms with E-state index in [1.54, 1.807) is 24.3 Å². The van der Waals surface area contributed by atoms with Crippen molar-refractivity contribution in [2.24, 2.45) is 7.05 Å². The Labute approximate surface area is 75.7 Å². The molecule has 4 nitrogen and oxygen atoms in total. The molecular formula is C9H10N2O2. The first kappa shape index (κ1) is 7.91. The molecule has 0 spiro atoms. The predicted molar refractivity (Wildman–Crippen MR) is 47.5 cm³/mol. The van der Waals surface area contributed by atoms with Crippen LogP contribution in [0.2, 0.25) is 0 Å². The topological polar surface area (TPSA) is 40.2 Å². The van der Waals surface area contributed by atoms with Crippen molar-refractivity contribution in [2.45, 2.75) is 0 Å². The molecule has 0 fully saturated rings. The molecule has 13 heavy (non-hydrogen) atoms. The summed E-state index contributed by atoms with van der Waals surface area (Å²) < 4.78 is 11.8. The number of methoxy groups -OCH3 is 1. The van der Waals surface area contributed by atoms with E-state index in [9.17, 15) is 0 Å². The van der Waals surface area contributed by atoms with Crippen LogP contribution in [-0.4, -0.2) is 16.9 Å². The Balaban J connectivity index is 2.35. The molecule has 2 aromatic heterocycles. The van der Waals surface area contributed by atoms with E-state index in [0.717, 1.165) is 11.1 Å². The highest BCUT2D eigenvalue weighted by atomic mass is 16.6. The number of furan rings is 1. The van der Waals surface area contributed by atoms with Crippen molar-refractivity contribution in [1.82, 2.24) is 9.78 Å². The van der Waals surface area contributed by atoms with E-state index in [1.807, 2.05) is 19.3 Å². The van der Waals surface area contributed by atoms with Gasteiger partial charge in [-0.25, -0.2) is 0 Å². The van der Waals surface area contributed by atoms with Crippen LogP contribution in [0.3, 0.4) is 0 Å². The minimum atomic E-state index is 0.513. The fraction of sp³-hybridized carbons (Fsp3) is 0.222. The highest BCUT2D eigenvalue weighted by Gasteiger charge is 2.05. The zero-order valence-corrected chi connectivity index (χ0v) is 7.52. The molecule has 0 saturated carbocycles. The van der Waals surface area contributed by atoms with Crippen molar-refractivity contribution < 1.29 is 9.15 Å². The van der Waals surface area contributed by atoms with Crippen LogP contribution in [0.5, 0.6) is 5.95 Å². The minimum absolute atomic E-state index is 0.513. The number of nitrogens with zero attached hydrogens (tertiary/aromatic N) is 2. The normalized spacial score (nSPS) is 10.3. The summed E-state index contributed by atoms with van der Waals surface area (Å²) in [7, 11) is 3.45. The summed E-state index contributed by atoms with van der Waals surface area (Å²) in [6, 6.07) is 1.83. The van der Waals surface area contributed by atoms with Crippen LogP contribution in [0, 0.1) is 0 Å². The van der Waals surface area contributed by atoms with Crippen LogP contribution in [0.1, 0.15) is 0 Å². The summed E-state index contributed by atoms with van der Waals surface area (Å²) in [4.78, 5) is 0. The number of aryl methyl sites for hydroxylation is 1. The van der Waals surface area contributed by atoms with Crippen LogP contribution in [0.25, 0.3) is 11.1 Å². The quantitative estimate of drug-likeness (QED) is 0.702. The Morgan fingerprint density at radius 3 is 2.85 bits per heavy atom. The maximum Gasteiger partial charge on any atom is 0.284 e. The van der Waals surface area contributed by atoms with Gasteiger partial charge in [0.2, 0.25) is 0 Å². The van der Waals surface area contributed by atoms with Gasteiger partial charge in [0.25, 0.3) is 5.95 Å². The summed E-state index contributed by atoms with van der Waals surface area (Å²) in [5.41, 5.74) is 2.00. The molecule has 0 aromatic carbocycles. The van der Waals surface area contributed by atoms with Gasteiger partial charge in [-0.05, 0) is 0 Å². The third-order valence-electron chi connectivity index (χ3n) is 1.81. The SMILES string of the molecule is COc1cc(-c2cnn(C)c2)co1. The van der Waals surface area contributed by atoms with Crippen LogP contribution in [-0.2, 0) is 7.05 Å². The Hall–Kier alpha value is -1.71. The van der Waals surface area contributed by atoms with Crippen molar-refractivity contribution in [2.75, 3.05) is 7.11 Å². The number of hydrogen-bond acceptors (Lipinski definition) is 3. The summed E-state index contributed by atoms with van der Waals surface area (Å²) in [6.07, 6.45) is 5.35. The Kier molecular flexibility index (Phi) is 1.81. The molecule has 0 unspecified atom stereocenters. The fourth-order valence-corrected chi connectivity index (χ4v) is 1.15. The van der Waals surface area contributed by atoms with Gasteiger partial charge in [-0.3, -0.25) is 4.68 Å². The molecule has 0 aliphatic rings. The van der Waals surface area contributed by atoms with Crippen LogP contribution in [0.4, 0.5) is 0 Å². The summed E-state index contributed by atoms with van der Waals surface area (Å²) in [6.45, 7) is 0.